The third-order valence-corrected chi connectivity index (χ3v) is 6.85. The predicted octanol–water partition coefficient (Wildman–Crippen LogP) is 3.19. The number of carbonyl (C=O) groups excluding carboxylic acids is 2. The molecule has 0 bridgehead atoms. The van der Waals surface area contributed by atoms with E-state index in [0.717, 1.165) is 23.3 Å². The van der Waals surface area contributed by atoms with Crippen LogP contribution in [-0.2, 0) is 16.4 Å². The molecule has 7 nitrogen and oxygen atoms in total. The maximum Gasteiger partial charge on any atom is 0.271 e. The minimum absolute atomic E-state index is 0.0780. The van der Waals surface area contributed by atoms with Gasteiger partial charge in [0.2, 0.25) is 0 Å². The van der Waals surface area contributed by atoms with Crippen molar-refractivity contribution in [1.29, 1.82) is 0 Å². The fourth-order valence-corrected chi connectivity index (χ4v) is 4.60. The van der Waals surface area contributed by atoms with Gasteiger partial charge in [-0.2, -0.15) is 0 Å². The highest BCUT2D eigenvalue weighted by Crippen LogP contribution is 2.22. The van der Waals surface area contributed by atoms with Gasteiger partial charge in [-0.05, 0) is 47.7 Å². The Balaban J connectivity index is 1.70. The second-order valence-electron chi connectivity index (χ2n) is 6.04. The Labute approximate surface area is 172 Å². The highest BCUT2D eigenvalue weighted by molar-refractivity contribution is 7.94. The summed E-state index contributed by atoms with van der Waals surface area (Å²) in [5.74, 6) is -1.12. The summed E-state index contributed by atoms with van der Waals surface area (Å²) in [6.07, 6.45) is 0.858. The van der Waals surface area contributed by atoms with E-state index in [1.807, 2.05) is 19.1 Å². The molecule has 3 aromatic rings. The Bertz CT molecular complexity index is 1110. The van der Waals surface area contributed by atoms with Crippen LogP contribution in [0.2, 0.25) is 0 Å². The van der Waals surface area contributed by atoms with Gasteiger partial charge in [0.25, 0.3) is 21.8 Å². The van der Waals surface area contributed by atoms with E-state index < -0.39 is 21.8 Å². The van der Waals surface area contributed by atoms with E-state index in [4.69, 9.17) is 0 Å². The average Bonchev–Trinajstić information content (AvgIpc) is 3.28. The number of benzene rings is 2. The maximum atomic E-state index is 12.5. The average molecular weight is 430 g/mol. The summed E-state index contributed by atoms with van der Waals surface area (Å²) in [6, 6.07) is 16.3. The number of hydrogen-bond donors (Lipinski definition) is 3. The first kappa shape index (κ1) is 20.6. The zero-order chi connectivity index (χ0) is 20.9. The fourth-order valence-electron chi connectivity index (χ4n) is 2.53. The van der Waals surface area contributed by atoms with Crippen molar-refractivity contribution in [3.8, 4) is 0 Å². The van der Waals surface area contributed by atoms with Gasteiger partial charge in [-0.15, -0.1) is 11.3 Å². The van der Waals surface area contributed by atoms with Gasteiger partial charge in [-0.3, -0.25) is 25.2 Å². The molecular weight excluding hydrogens is 410 g/mol. The number of hydrazine groups is 1. The first-order chi connectivity index (χ1) is 13.9. The lowest BCUT2D eigenvalue weighted by Gasteiger charge is -2.12. The second kappa shape index (κ2) is 8.89. The molecule has 0 spiro atoms. The second-order valence-corrected chi connectivity index (χ2v) is 8.90. The summed E-state index contributed by atoms with van der Waals surface area (Å²) in [5.41, 5.74) is 6.34. The van der Waals surface area contributed by atoms with E-state index in [2.05, 4.69) is 15.6 Å². The van der Waals surface area contributed by atoms with Crippen LogP contribution in [0.1, 0.15) is 33.2 Å². The minimum Gasteiger partial charge on any atom is -0.278 e. The lowest BCUT2D eigenvalue weighted by molar-refractivity contribution is 0.0847. The standard InChI is InChI=1S/C20H19N3O4S2/c1-2-14-9-11-15(12-10-14)19(24)21-22-20(25)16-6-3-4-7-17(16)23-29(26,27)18-8-5-13-28-18/h3-13,23H,2H2,1H3,(H,21,24)(H,22,25). The Hall–Kier alpha value is -3.17. The van der Waals surface area contributed by atoms with Crippen molar-refractivity contribution in [2.75, 3.05) is 4.72 Å². The van der Waals surface area contributed by atoms with Crippen molar-refractivity contribution in [3.63, 3.8) is 0 Å². The van der Waals surface area contributed by atoms with Gasteiger partial charge in [0.1, 0.15) is 4.21 Å². The van der Waals surface area contributed by atoms with Crippen molar-refractivity contribution < 1.29 is 18.0 Å². The van der Waals surface area contributed by atoms with Crippen molar-refractivity contribution in [3.05, 3.63) is 82.7 Å². The zero-order valence-corrected chi connectivity index (χ0v) is 17.1. The van der Waals surface area contributed by atoms with Crippen molar-refractivity contribution >= 4 is 38.9 Å². The molecule has 3 N–H and O–H groups in total. The van der Waals surface area contributed by atoms with Crippen LogP contribution in [0.25, 0.3) is 0 Å². The first-order valence-corrected chi connectivity index (χ1v) is 11.1. The van der Waals surface area contributed by atoms with Crippen LogP contribution >= 0.6 is 11.3 Å². The normalized spacial score (nSPS) is 10.9. The largest absolute Gasteiger partial charge is 0.278 e. The van der Waals surface area contributed by atoms with Crippen LogP contribution in [-0.4, -0.2) is 20.2 Å². The monoisotopic (exact) mass is 429 g/mol. The van der Waals surface area contributed by atoms with Crippen LogP contribution in [0, 0.1) is 0 Å². The first-order valence-electron chi connectivity index (χ1n) is 8.75. The van der Waals surface area contributed by atoms with Gasteiger partial charge in [-0.25, -0.2) is 8.42 Å². The van der Waals surface area contributed by atoms with E-state index in [9.17, 15) is 18.0 Å². The van der Waals surface area contributed by atoms with Crippen LogP contribution in [0.3, 0.4) is 0 Å². The van der Waals surface area contributed by atoms with Gasteiger partial charge in [-0.1, -0.05) is 37.3 Å². The highest BCUT2D eigenvalue weighted by Gasteiger charge is 2.19. The third-order valence-electron chi connectivity index (χ3n) is 4.09. The van der Waals surface area contributed by atoms with Gasteiger partial charge < -0.3 is 0 Å². The van der Waals surface area contributed by atoms with Gasteiger partial charge in [0, 0.05) is 5.56 Å². The number of nitrogens with one attached hydrogen (secondary N) is 3. The molecule has 0 aliphatic carbocycles. The third kappa shape index (κ3) is 5.01. The highest BCUT2D eigenvalue weighted by atomic mass is 32.2. The quantitative estimate of drug-likeness (QED) is 0.524. The van der Waals surface area contributed by atoms with E-state index >= 15 is 0 Å². The molecule has 9 heteroatoms. The molecule has 29 heavy (non-hydrogen) atoms. The number of hydrogen-bond acceptors (Lipinski definition) is 5. The summed E-state index contributed by atoms with van der Waals surface area (Å²) in [5, 5.41) is 1.65. The molecule has 3 rings (SSSR count). The molecule has 0 saturated carbocycles. The van der Waals surface area contributed by atoms with E-state index in [-0.39, 0.29) is 15.5 Å². The summed E-state index contributed by atoms with van der Waals surface area (Å²) < 4.78 is 27.4. The number of anilines is 1. The molecule has 0 atom stereocenters. The summed E-state index contributed by atoms with van der Waals surface area (Å²) >= 11 is 1.07. The topological polar surface area (TPSA) is 104 Å². The Morgan fingerprint density at radius 3 is 2.24 bits per heavy atom. The SMILES string of the molecule is CCc1ccc(C(=O)NNC(=O)c2ccccc2NS(=O)(=O)c2cccs2)cc1. The van der Waals surface area contributed by atoms with Gasteiger partial charge in [0.15, 0.2) is 0 Å². The molecule has 0 aliphatic rings. The molecule has 0 fully saturated rings. The number of para-hydroxylation sites is 1. The number of carbonyl (C=O) groups is 2. The molecular formula is C20H19N3O4S2. The van der Waals surface area contributed by atoms with Gasteiger partial charge >= 0.3 is 0 Å². The smallest absolute Gasteiger partial charge is 0.271 e. The van der Waals surface area contributed by atoms with E-state index in [1.54, 1.807) is 35.7 Å². The van der Waals surface area contributed by atoms with Crippen LogP contribution in [0.15, 0.2) is 70.3 Å². The predicted molar refractivity (Wildman–Crippen MR) is 112 cm³/mol. The molecule has 2 amide bonds. The van der Waals surface area contributed by atoms with Crippen molar-refractivity contribution in [2.24, 2.45) is 0 Å². The number of rotatable bonds is 6. The number of sulfonamides is 1. The van der Waals surface area contributed by atoms with Crippen LogP contribution < -0.4 is 15.6 Å². The zero-order valence-electron chi connectivity index (χ0n) is 15.5. The van der Waals surface area contributed by atoms with Crippen LogP contribution in [0.5, 0.6) is 0 Å². The summed E-state index contributed by atoms with van der Waals surface area (Å²) in [4.78, 5) is 24.7. The number of thiophene rings is 1. The lowest BCUT2D eigenvalue weighted by Crippen LogP contribution is -2.41. The van der Waals surface area contributed by atoms with Gasteiger partial charge in [0.05, 0.1) is 11.3 Å². The molecule has 0 saturated heterocycles. The molecule has 150 valence electrons. The Kier molecular flexibility index (Phi) is 6.30. The number of amides is 2. The maximum absolute atomic E-state index is 12.5. The van der Waals surface area contributed by atoms with Crippen LogP contribution in [0.4, 0.5) is 5.69 Å². The minimum atomic E-state index is -3.81. The number of aryl methyl sites for hydroxylation is 1. The fraction of sp³-hybridized carbons (Fsp3) is 0.100. The van der Waals surface area contributed by atoms with Crippen molar-refractivity contribution in [2.45, 2.75) is 17.6 Å². The molecule has 1 aromatic heterocycles. The van der Waals surface area contributed by atoms with Crippen molar-refractivity contribution in [1.82, 2.24) is 10.9 Å². The molecule has 2 aromatic carbocycles. The Morgan fingerprint density at radius 2 is 1.59 bits per heavy atom. The van der Waals surface area contributed by atoms with E-state index in [0.29, 0.717) is 5.56 Å². The molecule has 0 unspecified atom stereocenters. The Morgan fingerprint density at radius 1 is 0.897 bits per heavy atom. The van der Waals surface area contributed by atoms with E-state index in [1.165, 1.54) is 18.2 Å². The summed E-state index contributed by atoms with van der Waals surface area (Å²) in [7, 11) is -3.81. The lowest BCUT2D eigenvalue weighted by atomic mass is 10.1. The molecule has 1 heterocycles. The molecule has 0 aliphatic heterocycles. The molecule has 0 radical (unpaired) electrons. The summed E-state index contributed by atoms with van der Waals surface area (Å²) in [6.45, 7) is 2.01.